The van der Waals surface area contributed by atoms with Crippen LogP contribution in [0.5, 0.6) is 5.75 Å². The Labute approximate surface area is 224 Å². The summed E-state index contributed by atoms with van der Waals surface area (Å²) in [4.78, 5) is 4.52. The smallest absolute Gasteiger partial charge is 0.440 e. The van der Waals surface area contributed by atoms with Crippen molar-refractivity contribution < 1.29 is 35.5 Å². The number of aryl methyl sites for hydroxylation is 3. The zero-order valence-electron chi connectivity index (χ0n) is 21.4. The molecular weight excluding hydrogens is 536 g/mol. The van der Waals surface area contributed by atoms with Gasteiger partial charge in [0.1, 0.15) is 11.4 Å². The number of oxazole rings is 1. The fraction of sp³-hybridized carbons (Fsp3) is 0.172. The molecule has 2 heterocycles. The van der Waals surface area contributed by atoms with E-state index in [-0.39, 0.29) is 23.0 Å². The molecular formula is C29H21F6N3O2. The lowest BCUT2D eigenvalue weighted by Crippen LogP contribution is -2.16. The van der Waals surface area contributed by atoms with Gasteiger partial charge in [0.05, 0.1) is 5.69 Å². The second kappa shape index (κ2) is 9.89. The molecule has 0 spiro atoms. The first-order valence-corrected chi connectivity index (χ1v) is 12.0. The highest BCUT2D eigenvalue weighted by Gasteiger charge is 2.35. The first-order valence-electron chi connectivity index (χ1n) is 12.0. The van der Waals surface area contributed by atoms with Crippen molar-refractivity contribution in [3.63, 3.8) is 0 Å². The summed E-state index contributed by atoms with van der Waals surface area (Å²) in [7, 11) is 0. The fourth-order valence-electron chi connectivity index (χ4n) is 4.38. The summed E-state index contributed by atoms with van der Waals surface area (Å²) in [5, 5.41) is 3.82. The largest absolute Gasteiger partial charge is 0.573 e. The van der Waals surface area contributed by atoms with E-state index in [1.165, 1.54) is 23.7 Å². The van der Waals surface area contributed by atoms with E-state index >= 15 is 0 Å². The third-order valence-corrected chi connectivity index (χ3v) is 6.09. The molecule has 0 saturated carbocycles. The van der Waals surface area contributed by atoms with Crippen LogP contribution in [0.4, 0.5) is 26.3 Å². The van der Waals surface area contributed by atoms with Crippen LogP contribution in [0, 0.1) is 20.8 Å². The van der Waals surface area contributed by atoms with Crippen molar-refractivity contribution in [1.29, 1.82) is 0 Å². The van der Waals surface area contributed by atoms with Crippen molar-refractivity contribution in [1.82, 2.24) is 14.8 Å². The normalized spacial score (nSPS) is 12.1. The van der Waals surface area contributed by atoms with E-state index in [2.05, 4.69) is 14.8 Å². The maximum Gasteiger partial charge on any atom is 0.573 e. The third-order valence-electron chi connectivity index (χ3n) is 6.09. The Balaban J connectivity index is 1.70. The molecule has 0 N–H and O–H groups in total. The number of halogens is 6. The number of ether oxygens (including phenoxy) is 1. The number of nitrogens with zero attached hydrogens (tertiary/aromatic N) is 3. The quantitative estimate of drug-likeness (QED) is 0.203. The number of hydrogen-bond donors (Lipinski definition) is 0. The second-order valence-electron chi connectivity index (χ2n) is 9.16. The molecule has 0 saturated heterocycles. The third kappa shape index (κ3) is 5.58. The highest BCUT2D eigenvalue weighted by Crippen LogP contribution is 2.40. The van der Waals surface area contributed by atoms with Crippen molar-refractivity contribution in [3.05, 3.63) is 95.6 Å². The van der Waals surface area contributed by atoms with Gasteiger partial charge in [0.2, 0.25) is 0 Å². The standard InChI is InChI=1S/C29H21F6N3O2/c1-16-5-4-6-20(13-16)21-9-12-24(38-17(2)14-25(37-38)28(30,31)32)23(15-21)26-27(39-18(3)36-26)19-7-10-22(11-8-19)40-29(33,34)35/h4-15H,1-3H3. The molecule has 2 aromatic heterocycles. The van der Waals surface area contributed by atoms with Gasteiger partial charge in [-0.1, -0.05) is 35.9 Å². The minimum atomic E-state index is -4.85. The summed E-state index contributed by atoms with van der Waals surface area (Å²) in [6.45, 7) is 5.05. The molecule has 5 rings (SSSR count). The molecule has 5 aromatic rings. The zero-order chi connectivity index (χ0) is 28.8. The predicted molar refractivity (Wildman–Crippen MR) is 136 cm³/mol. The van der Waals surface area contributed by atoms with E-state index in [9.17, 15) is 26.3 Å². The molecule has 40 heavy (non-hydrogen) atoms. The van der Waals surface area contributed by atoms with E-state index < -0.39 is 24.0 Å². The van der Waals surface area contributed by atoms with Gasteiger partial charge in [-0.25, -0.2) is 9.67 Å². The Hall–Kier alpha value is -4.54. The monoisotopic (exact) mass is 557 g/mol. The van der Waals surface area contributed by atoms with Gasteiger partial charge in [0.15, 0.2) is 17.3 Å². The number of hydrogen-bond acceptors (Lipinski definition) is 4. The Morgan fingerprint density at radius 1 is 0.775 bits per heavy atom. The molecule has 3 aromatic carbocycles. The molecule has 0 aliphatic carbocycles. The van der Waals surface area contributed by atoms with Crippen LogP contribution < -0.4 is 4.74 Å². The van der Waals surface area contributed by atoms with Crippen LogP contribution in [0.3, 0.4) is 0 Å². The summed E-state index contributed by atoms with van der Waals surface area (Å²) in [6, 6.07) is 18.9. The van der Waals surface area contributed by atoms with Crippen LogP contribution in [0.2, 0.25) is 0 Å². The van der Waals surface area contributed by atoms with Crippen LogP contribution in [0.1, 0.15) is 22.8 Å². The van der Waals surface area contributed by atoms with E-state index in [0.717, 1.165) is 34.9 Å². The maximum atomic E-state index is 13.5. The molecule has 11 heteroatoms. The average molecular weight is 557 g/mol. The Bertz CT molecular complexity index is 1680. The number of benzene rings is 3. The molecule has 0 unspecified atom stereocenters. The van der Waals surface area contributed by atoms with E-state index in [1.807, 2.05) is 31.2 Å². The lowest BCUT2D eigenvalue weighted by atomic mass is 9.97. The fourth-order valence-corrected chi connectivity index (χ4v) is 4.38. The van der Waals surface area contributed by atoms with Gasteiger partial charge in [0, 0.05) is 23.7 Å². The molecule has 206 valence electrons. The minimum Gasteiger partial charge on any atom is -0.440 e. The highest BCUT2D eigenvalue weighted by molar-refractivity contribution is 5.85. The molecule has 0 atom stereocenters. The van der Waals surface area contributed by atoms with Crippen molar-refractivity contribution in [2.45, 2.75) is 33.3 Å². The van der Waals surface area contributed by atoms with Crippen molar-refractivity contribution in [3.8, 4) is 45.1 Å². The molecule has 0 fully saturated rings. The van der Waals surface area contributed by atoms with Crippen molar-refractivity contribution in [2.24, 2.45) is 0 Å². The highest BCUT2D eigenvalue weighted by atomic mass is 19.4. The molecule has 0 aliphatic heterocycles. The van der Waals surface area contributed by atoms with Gasteiger partial charge in [-0.3, -0.25) is 0 Å². The topological polar surface area (TPSA) is 53.1 Å². The SMILES string of the molecule is Cc1cccc(-c2ccc(-n3nc(C(F)(F)F)cc3C)c(-c3nc(C)oc3-c3ccc(OC(F)(F)F)cc3)c2)c1. The molecule has 0 amide bonds. The number of rotatable bonds is 5. The van der Waals surface area contributed by atoms with Crippen LogP contribution in [-0.2, 0) is 6.18 Å². The van der Waals surface area contributed by atoms with Gasteiger partial charge in [-0.15, -0.1) is 13.2 Å². The van der Waals surface area contributed by atoms with Gasteiger partial charge < -0.3 is 9.15 Å². The van der Waals surface area contributed by atoms with E-state index in [1.54, 1.807) is 25.1 Å². The van der Waals surface area contributed by atoms with E-state index in [4.69, 9.17) is 4.42 Å². The second-order valence-corrected chi connectivity index (χ2v) is 9.16. The van der Waals surface area contributed by atoms with Crippen LogP contribution >= 0.6 is 0 Å². The van der Waals surface area contributed by atoms with E-state index in [0.29, 0.717) is 16.8 Å². The molecule has 5 nitrogen and oxygen atoms in total. The number of aromatic nitrogens is 3. The number of alkyl halides is 6. The minimum absolute atomic E-state index is 0.222. The first kappa shape index (κ1) is 27.0. The summed E-state index contributed by atoms with van der Waals surface area (Å²) in [5.41, 5.74) is 3.26. The van der Waals surface area contributed by atoms with Crippen molar-refractivity contribution in [2.75, 3.05) is 0 Å². The molecule has 0 bridgehead atoms. The molecule has 0 radical (unpaired) electrons. The van der Waals surface area contributed by atoms with Gasteiger partial charge >= 0.3 is 12.5 Å². The van der Waals surface area contributed by atoms with Crippen molar-refractivity contribution >= 4 is 0 Å². The van der Waals surface area contributed by atoms with Gasteiger partial charge in [-0.05, 0) is 67.4 Å². The summed E-state index contributed by atoms with van der Waals surface area (Å²) < 4.78 is 89.4. The Morgan fingerprint density at radius 3 is 2.08 bits per heavy atom. The lowest BCUT2D eigenvalue weighted by Gasteiger charge is -2.14. The maximum absolute atomic E-state index is 13.5. The van der Waals surface area contributed by atoms with Gasteiger partial charge in [-0.2, -0.15) is 18.3 Å². The van der Waals surface area contributed by atoms with Crippen LogP contribution in [0.25, 0.3) is 39.4 Å². The Morgan fingerprint density at radius 2 is 1.45 bits per heavy atom. The van der Waals surface area contributed by atoms with Gasteiger partial charge in [0.25, 0.3) is 0 Å². The zero-order valence-corrected chi connectivity index (χ0v) is 21.4. The summed E-state index contributed by atoms with van der Waals surface area (Å²) >= 11 is 0. The lowest BCUT2D eigenvalue weighted by molar-refractivity contribution is -0.274. The summed E-state index contributed by atoms with van der Waals surface area (Å²) in [5.74, 6) is 0.0586. The Kier molecular flexibility index (Phi) is 6.69. The average Bonchev–Trinajstić information content (AvgIpc) is 3.46. The van der Waals surface area contributed by atoms with Crippen LogP contribution in [-0.4, -0.2) is 21.1 Å². The predicted octanol–water partition coefficient (Wildman–Crippen LogP) is 8.70. The van der Waals surface area contributed by atoms with Crippen LogP contribution in [0.15, 0.2) is 77.2 Å². The summed E-state index contributed by atoms with van der Waals surface area (Å²) in [6.07, 6.45) is -9.49. The molecule has 0 aliphatic rings. The first-order chi connectivity index (χ1) is 18.8.